The maximum absolute atomic E-state index is 12.2. The van der Waals surface area contributed by atoms with Crippen molar-refractivity contribution < 1.29 is 4.79 Å². The zero-order chi connectivity index (χ0) is 16.2. The SMILES string of the molecule is O=C(NCc1ccc(N2CCCC2)nc1)c1cccc(Cl)c1Cl. The zero-order valence-electron chi connectivity index (χ0n) is 12.6. The van der Waals surface area contributed by atoms with Gasteiger partial charge in [-0.05, 0) is 36.6 Å². The van der Waals surface area contributed by atoms with Crippen LogP contribution in [0.3, 0.4) is 0 Å². The summed E-state index contributed by atoms with van der Waals surface area (Å²) < 4.78 is 0. The van der Waals surface area contributed by atoms with Crippen molar-refractivity contribution in [3.8, 4) is 0 Å². The van der Waals surface area contributed by atoms with Crippen molar-refractivity contribution in [3.05, 3.63) is 57.7 Å². The molecule has 0 saturated carbocycles. The zero-order valence-corrected chi connectivity index (χ0v) is 14.1. The molecule has 1 saturated heterocycles. The largest absolute Gasteiger partial charge is 0.357 e. The molecule has 1 aliphatic heterocycles. The van der Waals surface area contributed by atoms with Crippen molar-refractivity contribution in [2.45, 2.75) is 19.4 Å². The quantitative estimate of drug-likeness (QED) is 0.909. The minimum absolute atomic E-state index is 0.249. The van der Waals surface area contributed by atoms with Crippen LogP contribution in [0.25, 0.3) is 0 Å². The van der Waals surface area contributed by atoms with E-state index in [1.165, 1.54) is 12.8 Å². The number of hydrogen-bond acceptors (Lipinski definition) is 3. The Labute approximate surface area is 145 Å². The molecule has 1 amide bonds. The fourth-order valence-corrected chi connectivity index (χ4v) is 3.00. The van der Waals surface area contributed by atoms with Crippen LogP contribution in [0.5, 0.6) is 0 Å². The molecule has 6 heteroatoms. The Bertz CT molecular complexity index is 697. The van der Waals surface area contributed by atoms with Crippen molar-refractivity contribution in [2.75, 3.05) is 18.0 Å². The molecule has 2 heterocycles. The Kier molecular flexibility index (Phi) is 5.03. The predicted octanol–water partition coefficient (Wildman–Crippen LogP) is 3.92. The molecule has 0 radical (unpaired) electrons. The number of nitrogens with zero attached hydrogens (tertiary/aromatic N) is 2. The van der Waals surface area contributed by atoms with Gasteiger partial charge in [0.15, 0.2) is 0 Å². The molecule has 0 bridgehead atoms. The molecule has 3 rings (SSSR count). The van der Waals surface area contributed by atoms with E-state index in [-0.39, 0.29) is 10.9 Å². The monoisotopic (exact) mass is 349 g/mol. The molecule has 1 aliphatic rings. The average Bonchev–Trinajstić information content (AvgIpc) is 3.10. The number of aromatic nitrogens is 1. The smallest absolute Gasteiger partial charge is 0.253 e. The van der Waals surface area contributed by atoms with Gasteiger partial charge in [0.25, 0.3) is 5.91 Å². The molecular weight excluding hydrogens is 333 g/mol. The number of halogens is 2. The van der Waals surface area contributed by atoms with Gasteiger partial charge < -0.3 is 10.2 Å². The molecule has 0 aliphatic carbocycles. The van der Waals surface area contributed by atoms with Crippen LogP contribution in [-0.2, 0) is 6.54 Å². The Morgan fingerprint density at radius 2 is 1.96 bits per heavy atom. The normalized spacial score (nSPS) is 14.1. The molecule has 23 heavy (non-hydrogen) atoms. The van der Waals surface area contributed by atoms with Crippen LogP contribution in [-0.4, -0.2) is 24.0 Å². The summed E-state index contributed by atoms with van der Waals surface area (Å²) in [4.78, 5) is 18.9. The van der Waals surface area contributed by atoms with Crippen LogP contribution in [0.15, 0.2) is 36.5 Å². The van der Waals surface area contributed by atoms with Crippen LogP contribution in [0.4, 0.5) is 5.82 Å². The highest BCUT2D eigenvalue weighted by Gasteiger charge is 2.14. The number of carbonyl (C=O) groups is 1. The highest BCUT2D eigenvalue weighted by molar-refractivity contribution is 6.43. The lowest BCUT2D eigenvalue weighted by Crippen LogP contribution is -2.23. The summed E-state index contributed by atoms with van der Waals surface area (Å²) in [6.07, 6.45) is 4.24. The molecule has 1 fully saturated rings. The maximum atomic E-state index is 12.2. The Hall–Kier alpha value is -1.78. The second kappa shape index (κ2) is 7.20. The molecule has 1 aromatic heterocycles. The first-order valence-electron chi connectivity index (χ1n) is 7.57. The minimum Gasteiger partial charge on any atom is -0.357 e. The Morgan fingerprint density at radius 1 is 1.17 bits per heavy atom. The summed E-state index contributed by atoms with van der Waals surface area (Å²) in [6.45, 7) is 2.53. The maximum Gasteiger partial charge on any atom is 0.253 e. The lowest BCUT2D eigenvalue weighted by Gasteiger charge is -2.16. The third-order valence-electron chi connectivity index (χ3n) is 3.89. The fourth-order valence-electron chi connectivity index (χ4n) is 2.61. The highest BCUT2D eigenvalue weighted by atomic mass is 35.5. The van der Waals surface area contributed by atoms with Gasteiger partial charge in [-0.25, -0.2) is 4.98 Å². The van der Waals surface area contributed by atoms with E-state index < -0.39 is 0 Å². The summed E-state index contributed by atoms with van der Waals surface area (Å²) in [5.74, 6) is 0.747. The number of nitrogens with one attached hydrogen (secondary N) is 1. The van der Waals surface area contributed by atoms with Gasteiger partial charge in [0.2, 0.25) is 0 Å². The Morgan fingerprint density at radius 3 is 2.65 bits per heavy atom. The van der Waals surface area contributed by atoms with Crippen molar-refractivity contribution in [1.82, 2.24) is 10.3 Å². The summed E-state index contributed by atoms with van der Waals surface area (Å²) in [5, 5.41) is 3.48. The van der Waals surface area contributed by atoms with Gasteiger partial charge in [-0.15, -0.1) is 0 Å². The van der Waals surface area contributed by atoms with Gasteiger partial charge in [-0.3, -0.25) is 4.79 Å². The number of pyridine rings is 1. The highest BCUT2D eigenvalue weighted by Crippen LogP contribution is 2.25. The first kappa shape index (κ1) is 16.1. The molecular formula is C17H17Cl2N3O. The molecule has 4 nitrogen and oxygen atoms in total. The number of amides is 1. The lowest BCUT2D eigenvalue weighted by atomic mass is 10.2. The van der Waals surface area contributed by atoms with Crippen molar-refractivity contribution in [3.63, 3.8) is 0 Å². The minimum atomic E-state index is -0.249. The van der Waals surface area contributed by atoms with Crippen LogP contribution in [0.2, 0.25) is 10.0 Å². The second-order valence-electron chi connectivity index (χ2n) is 5.50. The van der Waals surface area contributed by atoms with E-state index in [9.17, 15) is 4.79 Å². The molecule has 1 N–H and O–H groups in total. The third kappa shape index (κ3) is 3.77. The topological polar surface area (TPSA) is 45.2 Å². The standard InChI is InChI=1S/C17H17Cl2N3O/c18-14-5-3-4-13(16(14)19)17(23)21-11-12-6-7-15(20-10-12)22-8-1-2-9-22/h3-7,10H,1-2,8-9,11H2,(H,21,23). The molecule has 1 aromatic carbocycles. The first-order chi connectivity index (χ1) is 11.1. The van der Waals surface area contributed by atoms with Gasteiger partial charge in [-0.1, -0.05) is 35.3 Å². The second-order valence-corrected chi connectivity index (χ2v) is 6.29. The van der Waals surface area contributed by atoms with Crippen molar-refractivity contribution in [2.24, 2.45) is 0 Å². The van der Waals surface area contributed by atoms with Gasteiger partial charge in [0.1, 0.15) is 5.82 Å². The number of rotatable bonds is 4. The number of anilines is 1. The van der Waals surface area contributed by atoms with Gasteiger partial charge >= 0.3 is 0 Å². The van der Waals surface area contributed by atoms with E-state index in [0.29, 0.717) is 17.1 Å². The van der Waals surface area contributed by atoms with Crippen molar-refractivity contribution in [1.29, 1.82) is 0 Å². The van der Waals surface area contributed by atoms with E-state index in [4.69, 9.17) is 23.2 Å². The molecule has 0 atom stereocenters. The van der Waals surface area contributed by atoms with Crippen LogP contribution >= 0.6 is 23.2 Å². The Balaban J connectivity index is 1.61. The third-order valence-corrected chi connectivity index (χ3v) is 4.71. The average molecular weight is 350 g/mol. The van der Waals surface area contributed by atoms with Crippen LogP contribution in [0.1, 0.15) is 28.8 Å². The van der Waals surface area contributed by atoms with Gasteiger partial charge in [0.05, 0.1) is 15.6 Å². The summed E-state index contributed by atoms with van der Waals surface area (Å²) in [7, 11) is 0. The molecule has 2 aromatic rings. The summed E-state index contributed by atoms with van der Waals surface area (Å²) >= 11 is 12.0. The van der Waals surface area contributed by atoms with Gasteiger partial charge in [0, 0.05) is 25.8 Å². The van der Waals surface area contributed by atoms with E-state index in [2.05, 4.69) is 15.2 Å². The van der Waals surface area contributed by atoms with E-state index in [1.54, 1.807) is 24.4 Å². The number of carbonyl (C=O) groups excluding carboxylic acids is 1. The predicted molar refractivity (Wildman–Crippen MR) is 93.3 cm³/mol. The fraction of sp³-hybridized carbons (Fsp3) is 0.294. The van der Waals surface area contributed by atoms with Crippen LogP contribution in [0, 0.1) is 0 Å². The number of hydrogen-bond donors (Lipinski definition) is 1. The van der Waals surface area contributed by atoms with E-state index >= 15 is 0 Å². The lowest BCUT2D eigenvalue weighted by molar-refractivity contribution is 0.0951. The van der Waals surface area contributed by atoms with Crippen molar-refractivity contribution >= 4 is 34.9 Å². The summed E-state index contributed by atoms with van der Waals surface area (Å²) in [5.41, 5.74) is 1.32. The van der Waals surface area contributed by atoms with E-state index in [0.717, 1.165) is 24.5 Å². The van der Waals surface area contributed by atoms with E-state index in [1.807, 2.05) is 12.1 Å². The number of benzene rings is 1. The molecule has 0 unspecified atom stereocenters. The molecule has 120 valence electrons. The first-order valence-corrected chi connectivity index (χ1v) is 8.33. The van der Waals surface area contributed by atoms with Crippen LogP contribution < -0.4 is 10.2 Å². The molecule has 0 spiro atoms. The van der Waals surface area contributed by atoms with Gasteiger partial charge in [-0.2, -0.15) is 0 Å². The summed E-state index contributed by atoms with van der Waals surface area (Å²) in [6, 6.07) is 9.00.